The predicted molar refractivity (Wildman–Crippen MR) is 121 cm³/mol. The molecular weight excluding hydrogens is 545 g/mol. The summed E-state index contributed by atoms with van der Waals surface area (Å²) >= 11 is 6.14. The van der Waals surface area contributed by atoms with Gasteiger partial charge >= 0.3 is 6.18 Å². The maximum absolute atomic E-state index is 14.2. The van der Waals surface area contributed by atoms with E-state index in [1.54, 1.807) is 0 Å². The summed E-state index contributed by atoms with van der Waals surface area (Å²) in [7, 11) is -4.29. The molecule has 0 spiro atoms. The van der Waals surface area contributed by atoms with Gasteiger partial charge in [-0.05, 0) is 35.9 Å². The predicted octanol–water partition coefficient (Wildman–Crippen LogP) is 3.77. The van der Waals surface area contributed by atoms with E-state index in [0.717, 1.165) is 41.0 Å². The zero-order valence-electron chi connectivity index (χ0n) is 18.6. The molecule has 15 heteroatoms. The minimum Gasteiger partial charge on any atom is -0.351 e. The van der Waals surface area contributed by atoms with E-state index in [2.05, 4.69) is 20.3 Å². The van der Waals surface area contributed by atoms with Crippen LogP contribution in [0.3, 0.4) is 0 Å². The molecule has 1 N–H and O–H groups in total. The number of carbonyl (C=O) groups is 1. The van der Waals surface area contributed by atoms with E-state index in [0.29, 0.717) is 5.56 Å². The van der Waals surface area contributed by atoms with Crippen LogP contribution < -0.4 is 5.32 Å². The highest BCUT2D eigenvalue weighted by atomic mass is 35.5. The van der Waals surface area contributed by atoms with Gasteiger partial charge in [0, 0.05) is 43.7 Å². The van der Waals surface area contributed by atoms with Crippen LogP contribution in [0.4, 0.5) is 22.0 Å². The molecule has 4 rings (SSSR count). The number of benzene rings is 1. The van der Waals surface area contributed by atoms with Crippen LogP contribution in [0.25, 0.3) is 11.3 Å². The van der Waals surface area contributed by atoms with E-state index in [-0.39, 0.29) is 34.1 Å². The highest BCUT2D eigenvalue weighted by Gasteiger charge is 2.44. The van der Waals surface area contributed by atoms with Crippen molar-refractivity contribution in [2.45, 2.75) is 36.3 Å². The van der Waals surface area contributed by atoms with Crippen molar-refractivity contribution in [2.24, 2.45) is 0 Å². The minimum atomic E-state index is -4.71. The molecular formula is C22H17ClF5N5O3S. The fraction of sp³-hybridized carbons (Fsp3) is 0.273. The largest absolute Gasteiger partial charge is 0.451 e. The molecule has 2 atom stereocenters. The van der Waals surface area contributed by atoms with Crippen LogP contribution in [0.15, 0.2) is 53.8 Å². The average molecular weight is 562 g/mol. The third-order valence-corrected chi connectivity index (χ3v) is 7.75. The molecule has 1 aliphatic heterocycles. The highest BCUT2D eigenvalue weighted by molar-refractivity contribution is 7.89. The Morgan fingerprint density at radius 3 is 2.38 bits per heavy atom. The maximum atomic E-state index is 14.2. The molecule has 1 saturated heterocycles. The molecule has 3 aromatic rings. The molecule has 2 aromatic heterocycles. The second-order valence-corrected chi connectivity index (χ2v) is 10.3. The van der Waals surface area contributed by atoms with Crippen molar-refractivity contribution in [2.75, 3.05) is 6.54 Å². The van der Waals surface area contributed by atoms with E-state index in [9.17, 15) is 35.2 Å². The summed E-state index contributed by atoms with van der Waals surface area (Å²) in [6.45, 7) is -0.765. The molecule has 37 heavy (non-hydrogen) atoms. The number of nitrogens with zero attached hydrogens (tertiary/aromatic N) is 4. The van der Waals surface area contributed by atoms with Gasteiger partial charge in [-0.3, -0.25) is 9.78 Å². The number of halogens is 6. The van der Waals surface area contributed by atoms with Crippen LogP contribution in [-0.4, -0.2) is 52.3 Å². The van der Waals surface area contributed by atoms with Crippen LogP contribution >= 0.6 is 11.6 Å². The number of rotatable bonds is 6. The molecule has 1 amide bonds. The first kappa shape index (κ1) is 26.8. The third kappa shape index (κ3) is 5.86. The van der Waals surface area contributed by atoms with Crippen molar-refractivity contribution in [1.29, 1.82) is 0 Å². The summed E-state index contributed by atoms with van der Waals surface area (Å²) in [5, 5.41) is 2.62. The van der Waals surface area contributed by atoms with Gasteiger partial charge in [-0.25, -0.2) is 27.2 Å². The van der Waals surface area contributed by atoms with Gasteiger partial charge in [0.2, 0.25) is 21.8 Å². The number of carbonyl (C=O) groups excluding carboxylic acids is 1. The summed E-state index contributed by atoms with van der Waals surface area (Å²) in [4.78, 5) is 23.2. The van der Waals surface area contributed by atoms with Gasteiger partial charge in [-0.15, -0.1) is 0 Å². The molecule has 0 radical (unpaired) electrons. The Kier molecular flexibility index (Phi) is 7.44. The molecule has 1 fully saturated rings. The number of pyridine rings is 1. The number of sulfonamides is 1. The van der Waals surface area contributed by atoms with Gasteiger partial charge in [-0.2, -0.15) is 17.5 Å². The fourth-order valence-corrected chi connectivity index (χ4v) is 5.48. The maximum Gasteiger partial charge on any atom is 0.451 e. The summed E-state index contributed by atoms with van der Waals surface area (Å²) in [5.41, 5.74) is 0.639. The number of hydrogen-bond acceptors (Lipinski definition) is 6. The van der Waals surface area contributed by atoms with Crippen molar-refractivity contribution in [3.8, 4) is 11.3 Å². The van der Waals surface area contributed by atoms with Gasteiger partial charge in [0.1, 0.15) is 18.0 Å². The van der Waals surface area contributed by atoms with Crippen molar-refractivity contribution in [3.63, 3.8) is 0 Å². The second-order valence-electron chi connectivity index (χ2n) is 8.05. The lowest BCUT2D eigenvalue weighted by atomic mass is 10.1. The zero-order valence-corrected chi connectivity index (χ0v) is 20.2. The Morgan fingerprint density at radius 2 is 1.76 bits per heavy atom. The second kappa shape index (κ2) is 10.3. The summed E-state index contributed by atoms with van der Waals surface area (Å²) in [6.07, 6.45) is -3.60. The van der Waals surface area contributed by atoms with Crippen molar-refractivity contribution < 1.29 is 35.2 Å². The first-order chi connectivity index (χ1) is 17.4. The lowest BCUT2D eigenvalue weighted by Gasteiger charge is -2.23. The first-order valence-electron chi connectivity index (χ1n) is 10.6. The monoisotopic (exact) mass is 561 g/mol. The summed E-state index contributed by atoms with van der Waals surface area (Å²) in [5.74, 6) is -2.77. The first-order valence-corrected chi connectivity index (χ1v) is 12.4. The van der Waals surface area contributed by atoms with Crippen LogP contribution in [0.5, 0.6) is 0 Å². The molecule has 0 saturated carbocycles. The van der Waals surface area contributed by atoms with E-state index in [4.69, 9.17) is 11.6 Å². The molecule has 3 heterocycles. The van der Waals surface area contributed by atoms with Crippen LogP contribution in [-0.2, 0) is 27.5 Å². The standard InChI is InChI=1S/C22H17ClF5N5O3S/c23-17-10-29-18(13-8-31-21(32-9-13)22(26,27)28)5-12(17)7-30-20(34)19-6-15(25)11-33(19)37(35,36)16-3-1-14(24)2-4-16/h1-5,8-10,15,19H,6-7,11H2,(H,30,34)/t15-,19+/m1/s1. The smallest absolute Gasteiger partial charge is 0.351 e. The minimum absolute atomic E-state index is 0.113. The Balaban J connectivity index is 1.50. The summed E-state index contributed by atoms with van der Waals surface area (Å²) in [6, 6.07) is 3.95. The van der Waals surface area contributed by atoms with Gasteiger partial charge < -0.3 is 5.32 Å². The van der Waals surface area contributed by atoms with Crippen LogP contribution in [0, 0.1) is 5.82 Å². The van der Waals surface area contributed by atoms with E-state index in [1.165, 1.54) is 12.3 Å². The SMILES string of the molecule is O=C(NCc1cc(-c2cnc(C(F)(F)F)nc2)ncc1Cl)[C@@H]1C[C@@H](F)CN1S(=O)(=O)c1ccc(F)cc1. The van der Waals surface area contributed by atoms with Crippen molar-refractivity contribution in [3.05, 3.63) is 71.2 Å². The summed E-state index contributed by atoms with van der Waals surface area (Å²) < 4.78 is 92.2. The number of nitrogens with one attached hydrogen (secondary N) is 1. The van der Waals surface area contributed by atoms with Crippen LogP contribution in [0.2, 0.25) is 5.02 Å². The molecule has 8 nitrogen and oxygen atoms in total. The highest BCUT2D eigenvalue weighted by Crippen LogP contribution is 2.29. The number of hydrogen-bond donors (Lipinski definition) is 1. The Hall–Kier alpha value is -3.23. The lowest BCUT2D eigenvalue weighted by molar-refractivity contribution is -0.145. The third-order valence-electron chi connectivity index (χ3n) is 5.52. The topological polar surface area (TPSA) is 105 Å². The van der Waals surface area contributed by atoms with Gasteiger partial charge in [0.25, 0.3) is 0 Å². The molecule has 0 bridgehead atoms. The average Bonchev–Trinajstić information content (AvgIpc) is 3.26. The van der Waals surface area contributed by atoms with E-state index >= 15 is 0 Å². The normalized spacial score (nSPS) is 18.6. The lowest BCUT2D eigenvalue weighted by Crippen LogP contribution is -2.45. The molecule has 1 aliphatic rings. The van der Waals surface area contributed by atoms with E-state index < -0.39 is 52.5 Å². The molecule has 1 aromatic carbocycles. The van der Waals surface area contributed by atoms with Crippen molar-refractivity contribution in [1.82, 2.24) is 24.6 Å². The fourth-order valence-electron chi connectivity index (χ4n) is 3.68. The zero-order chi connectivity index (χ0) is 27.0. The number of amides is 1. The molecule has 196 valence electrons. The number of alkyl halides is 4. The Morgan fingerprint density at radius 1 is 1.11 bits per heavy atom. The number of aromatic nitrogens is 3. The van der Waals surface area contributed by atoms with Crippen LogP contribution in [0.1, 0.15) is 17.8 Å². The van der Waals surface area contributed by atoms with E-state index in [1.807, 2.05) is 0 Å². The van der Waals surface area contributed by atoms with Gasteiger partial charge in [0.05, 0.1) is 15.6 Å². The molecule has 0 unspecified atom stereocenters. The van der Waals surface area contributed by atoms with Gasteiger partial charge in [0.15, 0.2) is 0 Å². The Bertz CT molecular complexity index is 1410. The van der Waals surface area contributed by atoms with Gasteiger partial charge in [-0.1, -0.05) is 11.6 Å². The Labute approximate surface area is 212 Å². The quantitative estimate of drug-likeness (QED) is 0.460. The van der Waals surface area contributed by atoms with Crippen molar-refractivity contribution >= 4 is 27.5 Å². The molecule has 0 aliphatic carbocycles.